The van der Waals surface area contributed by atoms with E-state index in [-0.39, 0.29) is 28.2 Å². The van der Waals surface area contributed by atoms with Gasteiger partial charge in [-0.25, -0.2) is 0 Å². The van der Waals surface area contributed by atoms with E-state index in [2.05, 4.69) is 0 Å². The molecule has 0 saturated carbocycles. The molecule has 0 saturated heterocycles. The van der Waals surface area contributed by atoms with Gasteiger partial charge in [0.05, 0.1) is 0 Å². The Morgan fingerprint density at radius 3 is 1.10 bits per heavy atom. The van der Waals surface area contributed by atoms with E-state index in [4.69, 9.17) is 0 Å². The van der Waals surface area contributed by atoms with Crippen LogP contribution in [0.3, 0.4) is 0 Å². The van der Waals surface area contributed by atoms with Gasteiger partial charge in [-0.15, -0.1) is 0 Å². The van der Waals surface area contributed by atoms with E-state index in [1.807, 2.05) is 23.2 Å². The molecule has 0 unspecified atom stereocenters. The number of rotatable bonds is 0. The quantitative estimate of drug-likeness (QED) is 0.249. The summed E-state index contributed by atoms with van der Waals surface area (Å²) >= 11 is -0.222. The molecular formula is C18H24N8O4Pd. The van der Waals surface area contributed by atoms with Crippen molar-refractivity contribution in [3.63, 3.8) is 0 Å². The predicted octanol–water partition coefficient (Wildman–Crippen LogP) is -2.01. The number of hydrogen-bond acceptors (Lipinski definition) is 4. The third-order valence-corrected chi connectivity index (χ3v) is 8.47. The summed E-state index contributed by atoms with van der Waals surface area (Å²) in [5, 5.41) is 0. The Balaban J connectivity index is 2.44. The molecule has 31 heavy (non-hydrogen) atoms. The Bertz CT molecular complexity index is 1710. The fourth-order valence-electron chi connectivity index (χ4n) is 4.04. The van der Waals surface area contributed by atoms with Gasteiger partial charge in [0.15, 0.2) is 0 Å². The van der Waals surface area contributed by atoms with Crippen LogP contribution < -0.4 is 22.5 Å². The second kappa shape index (κ2) is 6.73. The van der Waals surface area contributed by atoms with Gasteiger partial charge in [-0.1, -0.05) is 0 Å². The van der Waals surface area contributed by atoms with Crippen LogP contribution in [-0.2, 0) is 73.4 Å². The maximum atomic E-state index is 12.8. The Hall–Kier alpha value is -3.04. The van der Waals surface area contributed by atoms with E-state index in [1.165, 1.54) is 23.2 Å². The molecule has 12 nitrogen and oxygen atoms in total. The van der Waals surface area contributed by atoms with Crippen molar-refractivity contribution in [3.05, 3.63) is 49.5 Å². The Labute approximate surface area is 181 Å². The zero-order chi connectivity index (χ0) is 23.1. The molecule has 0 amide bonds. The molecule has 13 heteroatoms. The first-order valence-corrected chi connectivity index (χ1v) is 10.8. The first-order valence-electron chi connectivity index (χ1n) is 9.29. The average molecular weight is 523 g/mol. The van der Waals surface area contributed by atoms with Crippen LogP contribution in [0.4, 0.5) is 0 Å². The van der Waals surface area contributed by atoms with Gasteiger partial charge < -0.3 is 0 Å². The molecular weight excluding hydrogens is 499 g/mol. The molecule has 0 aliphatic carbocycles. The second-order valence-corrected chi connectivity index (χ2v) is 9.33. The summed E-state index contributed by atoms with van der Waals surface area (Å²) < 4.78 is 14.0. The van der Waals surface area contributed by atoms with Gasteiger partial charge in [0.1, 0.15) is 0 Å². The van der Waals surface area contributed by atoms with Crippen molar-refractivity contribution in [2.24, 2.45) is 56.4 Å². The van der Waals surface area contributed by atoms with Crippen molar-refractivity contribution >= 4 is 22.3 Å². The summed E-state index contributed by atoms with van der Waals surface area (Å²) in [4.78, 5) is 50.5. The minimum atomic E-state index is -0.398. The average Bonchev–Trinajstić information content (AvgIpc) is 3.13. The van der Waals surface area contributed by atoms with E-state index < -0.39 is 11.4 Å². The Morgan fingerprint density at radius 1 is 0.452 bits per heavy atom. The zero-order valence-electron chi connectivity index (χ0n) is 18.5. The van der Waals surface area contributed by atoms with E-state index in [9.17, 15) is 19.2 Å². The molecule has 0 fully saturated rings. The molecule has 0 N–H and O–H groups in total. The monoisotopic (exact) mass is 522 g/mol. The first-order chi connectivity index (χ1) is 14.4. The van der Waals surface area contributed by atoms with Gasteiger partial charge in [0.2, 0.25) is 0 Å². The third kappa shape index (κ3) is 2.56. The van der Waals surface area contributed by atoms with Gasteiger partial charge in [-0.3, -0.25) is 0 Å². The molecule has 0 atom stereocenters. The fraction of sp³-hybridized carbons (Fsp3) is 0.444. The SMILES string of the molecule is Cn1c(=O)c2c(n(C)c1=O)n(C)[c](=[Pd]=[c]1n(C)c3c(=O)n(C)c(=O)n(C)c3n1C)n2C. The van der Waals surface area contributed by atoms with Crippen LogP contribution in [0.1, 0.15) is 0 Å². The van der Waals surface area contributed by atoms with Crippen LogP contribution in [0.25, 0.3) is 22.3 Å². The van der Waals surface area contributed by atoms with Crippen LogP contribution in [-0.4, -0.2) is 36.5 Å². The summed E-state index contributed by atoms with van der Waals surface area (Å²) in [5.74, 6) is 0. The van der Waals surface area contributed by atoms with Crippen LogP contribution in [0, 0.1) is 7.78 Å². The molecule has 0 spiro atoms. The standard InChI is InChI=1S/2C9H12N4O2.Pd/c2*1-10-5-11(2)7-6(10)8(14)13(4)9(15)12(7)3;/h2*1-4H3;. The molecule has 0 bridgehead atoms. The van der Waals surface area contributed by atoms with E-state index >= 15 is 0 Å². The molecule has 4 rings (SSSR count). The Kier molecular flexibility index (Phi) is 4.60. The summed E-state index contributed by atoms with van der Waals surface area (Å²) in [6.45, 7) is 0. The summed E-state index contributed by atoms with van der Waals surface area (Å²) in [5.41, 5.74) is 0.357. The molecule has 0 aliphatic rings. The maximum absolute atomic E-state index is 12.8. The van der Waals surface area contributed by atoms with Crippen molar-refractivity contribution in [2.75, 3.05) is 0 Å². The van der Waals surface area contributed by atoms with Crippen molar-refractivity contribution in [1.29, 1.82) is 0 Å². The molecule has 4 heterocycles. The number of fused-ring (bicyclic) bond motifs is 2. The zero-order valence-corrected chi connectivity index (χ0v) is 20.1. The van der Waals surface area contributed by atoms with Gasteiger partial charge in [-0.05, 0) is 0 Å². The first kappa shape index (κ1) is 21.2. The van der Waals surface area contributed by atoms with E-state index in [0.29, 0.717) is 22.3 Å². The minimum absolute atomic E-state index is 0.222. The fourth-order valence-corrected chi connectivity index (χ4v) is 6.07. The van der Waals surface area contributed by atoms with Crippen LogP contribution in [0.2, 0.25) is 0 Å². The van der Waals surface area contributed by atoms with Gasteiger partial charge >= 0.3 is 182 Å². The van der Waals surface area contributed by atoms with E-state index in [0.717, 1.165) is 16.9 Å². The Morgan fingerprint density at radius 2 is 0.774 bits per heavy atom. The summed E-state index contributed by atoms with van der Waals surface area (Å²) in [7, 11) is 13.4. The molecule has 0 aromatic carbocycles. The molecule has 0 radical (unpaired) electrons. The van der Waals surface area contributed by atoms with Crippen LogP contribution in [0.5, 0.6) is 0 Å². The topological polar surface area (TPSA) is 108 Å². The number of nitrogens with zero attached hydrogens (tertiary/aromatic N) is 8. The van der Waals surface area contributed by atoms with Gasteiger partial charge in [-0.2, -0.15) is 0 Å². The predicted molar refractivity (Wildman–Crippen MR) is 111 cm³/mol. The molecule has 170 valence electrons. The normalized spacial score (nSPS) is 12.0. The van der Waals surface area contributed by atoms with Gasteiger partial charge in [0.25, 0.3) is 0 Å². The number of imidazole rings is 2. The number of aromatic nitrogens is 8. The molecule has 0 aliphatic heterocycles. The molecule has 4 aromatic rings. The van der Waals surface area contributed by atoms with Crippen molar-refractivity contribution in [1.82, 2.24) is 36.5 Å². The van der Waals surface area contributed by atoms with Crippen LogP contribution in [0.15, 0.2) is 19.2 Å². The number of hydrogen-bond donors (Lipinski definition) is 0. The second-order valence-electron chi connectivity index (χ2n) is 7.55. The molecule has 4 aromatic heterocycles. The van der Waals surface area contributed by atoms with Crippen molar-refractivity contribution in [2.45, 2.75) is 0 Å². The third-order valence-electron chi connectivity index (χ3n) is 5.69. The summed E-state index contributed by atoms with van der Waals surface area (Å²) in [6.07, 6.45) is 0. The van der Waals surface area contributed by atoms with Crippen molar-refractivity contribution < 1.29 is 17.1 Å². The number of aryl methyl sites for hydroxylation is 6. The van der Waals surface area contributed by atoms with Crippen molar-refractivity contribution in [3.8, 4) is 0 Å². The van der Waals surface area contributed by atoms with Gasteiger partial charge in [0, 0.05) is 0 Å². The van der Waals surface area contributed by atoms with E-state index in [1.54, 1.807) is 37.3 Å². The summed E-state index contributed by atoms with van der Waals surface area (Å²) in [6, 6.07) is 0. The van der Waals surface area contributed by atoms with Crippen LogP contribution >= 0.6 is 0 Å².